The maximum Gasteiger partial charge on any atom is 0.313 e. The van der Waals surface area contributed by atoms with Gasteiger partial charge in [-0.25, -0.2) is 0 Å². The van der Waals surface area contributed by atoms with Gasteiger partial charge in [-0.15, -0.1) is 0 Å². The molecule has 5 nitrogen and oxygen atoms in total. The maximum absolute atomic E-state index is 11.9. The topological polar surface area (TPSA) is 67.4 Å². The van der Waals surface area contributed by atoms with Gasteiger partial charge in [0.2, 0.25) is 0 Å². The molecule has 0 atom stereocenters. The Labute approximate surface area is 152 Å². The Balaban J connectivity index is 1.82. The Morgan fingerprint density at radius 3 is 2.44 bits per heavy atom. The molecule has 0 radical (unpaired) electrons. The van der Waals surface area contributed by atoms with Crippen LogP contribution in [0.3, 0.4) is 0 Å². The normalized spacial score (nSPS) is 10.2. The monoisotopic (exact) mass is 360 g/mol. The van der Waals surface area contributed by atoms with E-state index < -0.39 is 11.8 Å². The van der Waals surface area contributed by atoms with Gasteiger partial charge in [0, 0.05) is 17.3 Å². The van der Waals surface area contributed by atoms with Crippen LogP contribution in [-0.4, -0.2) is 18.4 Å². The molecule has 6 heteroatoms. The molecule has 2 aromatic carbocycles. The molecule has 25 heavy (non-hydrogen) atoms. The molecule has 2 N–H and O–H groups in total. The van der Waals surface area contributed by atoms with Gasteiger partial charge < -0.3 is 15.4 Å². The van der Waals surface area contributed by atoms with Crippen LogP contribution in [0.4, 0.5) is 5.69 Å². The second kappa shape index (κ2) is 9.69. The highest BCUT2D eigenvalue weighted by Gasteiger charge is 2.14. The third kappa shape index (κ3) is 6.12. The fraction of sp³-hybridized carbons (Fsp3) is 0.263. The van der Waals surface area contributed by atoms with Crippen molar-refractivity contribution in [1.82, 2.24) is 5.32 Å². The predicted molar refractivity (Wildman–Crippen MR) is 98.8 cm³/mol. The van der Waals surface area contributed by atoms with Gasteiger partial charge >= 0.3 is 11.8 Å². The van der Waals surface area contributed by atoms with Crippen LogP contribution < -0.4 is 15.4 Å². The van der Waals surface area contributed by atoms with Crippen molar-refractivity contribution >= 4 is 29.1 Å². The number of carbonyl (C=O) groups is 2. The van der Waals surface area contributed by atoms with E-state index in [1.165, 1.54) is 0 Å². The summed E-state index contributed by atoms with van der Waals surface area (Å²) in [6, 6.07) is 14.0. The molecule has 2 amide bonds. The number of benzene rings is 2. The average molecular weight is 361 g/mol. The Morgan fingerprint density at radius 2 is 1.76 bits per heavy atom. The number of halogens is 1. The molecule has 0 aromatic heterocycles. The standard InChI is InChI=1S/C19H21ClN2O3/c1-2-3-12-25-16-10-8-15(9-11-16)22-19(24)18(23)21-13-14-6-4-5-7-17(14)20/h4-11H,2-3,12-13H2,1H3,(H,21,23)(H,22,24). The van der Waals surface area contributed by atoms with Crippen molar-refractivity contribution in [2.45, 2.75) is 26.3 Å². The highest BCUT2D eigenvalue weighted by atomic mass is 35.5. The summed E-state index contributed by atoms with van der Waals surface area (Å²) in [7, 11) is 0. The Bertz CT molecular complexity index is 717. The average Bonchev–Trinajstić information content (AvgIpc) is 2.62. The molecule has 0 fully saturated rings. The summed E-state index contributed by atoms with van der Waals surface area (Å²) in [5.74, 6) is -0.718. The largest absolute Gasteiger partial charge is 0.494 e. The van der Waals surface area contributed by atoms with Crippen LogP contribution in [0.2, 0.25) is 5.02 Å². The lowest BCUT2D eigenvalue weighted by molar-refractivity contribution is -0.136. The van der Waals surface area contributed by atoms with Gasteiger partial charge in [0.1, 0.15) is 5.75 Å². The highest BCUT2D eigenvalue weighted by Crippen LogP contribution is 2.16. The summed E-state index contributed by atoms with van der Waals surface area (Å²) in [6.45, 7) is 2.95. The van der Waals surface area contributed by atoms with Crippen molar-refractivity contribution < 1.29 is 14.3 Å². The predicted octanol–water partition coefficient (Wildman–Crippen LogP) is 3.77. The molecule has 2 aromatic rings. The van der Waals surface area contributed by atoms with E-state index >= 15 is 0 Å². The first-order valence-electron chi connectivity index (χ1n) is 8.15. The fourth-order valence-corrected chi connectivity index (χ4v) is 2.26. The van der Waals surface area contributed by atoms with Crippen LogP contribution in [0.15, 0.2) is 48.5 Å². The van der Waals surface area contributed by atoms with Gasteiger partial charge in [0.15, 0.2) is 0 Å². The molecular formula is C19H21ClN2O3. The van der Waals surface area contributed by atoms with Gasteiger partial charge in [0.25, 0.3) is 0 Å². The molecule has 0 aliphatic rings. The van der Waals surface area contributed by atoms with Gasteiger partial charge in [0.05, 0.1) is 6.61 Å². The molecule has 0 saturated heterocycles. The van der Waals surface area contributed by atoms with Crippen molar-refractivity contribution in [3.05, 3.63) is 59.1 Å². The lowest BCUT2D eigenvalue weighted by atomic mass is 10.2. The van der Waals surface area contributed by atoms with Crippen LogP contribution in [0.5, 0.6) is 5.75 Å². The van der Waals surface area contributed by atoms with E-state index in [0.717, 1.165) is 24.2 Å². The van der Waals surface area contributed by atoms with E-state index in [0.29, 0.717) is 17.3 Å². The van der Waals surface area contributed by atoms with Crippen LogP contribution in [-0.2, 0) is 16.1 Å². The minimum absolute atomic E-state index is 0.191. The molecular weight excluding hydrogens is 340 g/mol. The highest BCUT2D eigenvalue weighted by molar-refractivity contribution is 6.39. The second-order valence-electron chi connectivity index (χ2n) is 5.45. The zero-order valence-corrected chi connectivity index (χ0v) is 14.8. The molecule has 0 spiro atoms. The van der Waals surface area contributed by atoms with Gasteiger partial charge in [-0.05, 0) is 42.3 Å². The van der Waals surface area contributed by atoms with E-state index in [9.17, 15) is 9.59 Å². The first kappa shape index (κ1) is 18.8. The van der Waals surface area contributed by atoms with E-state index in [1.807, 2.05) is 6.07 Å². The van der Waals surface area contributed by atoms with E-state index in [-0.39, 0.29) is 6.54 Å². The number of rotatable bonds is 7. The summed E-state index contributed by atoms with van der Waals surface area (Å²) in [4.78, 5) is 23.8. The smallest absolute Gasteiger partial charge is 0.313 e. The van der Waals surface area contributed by atoms with Crippen molar-refractivity contribution in [1.29, 1.82) is 0 Å². The number of unbranched alkanes of at least 4 members (excludes halogenated alkanes) is 1. The molecule has 0 saturated carbocycles. The third-order valence-electron chi connectivity index (χ3n) is 3.48. The summed E-state index contributed by atoms with van der Waals surface area (Å²) < 4.78 is 5.55. The summed E-state index contributed by atoms with van der Waals surface area (Å²) in [5, 5.41) is 5.64. The fourth-order valence-electron chi connectivity index (χ4n) is 2.05. The second-order valence-corrected chi connectivity index (χ2v) is 5.86. The zero-order chi connectivity index (χ0) is 18.1. The number of nitrogens with one attached hydrogen (secondary N) is 2. The Kier molecular flexibility index (Phi) is 7.29. The number of ether oxygens (including phenoxy) is 1. The van der Waals surface area contributed by atoms with Crippen molar-refractivity contribution in [3.8, 4) is 5.75 Å². The maximum atomic E-state index is 11.9. The number of amides is 2. The van der Waals surface area contributed by atoms with Crippen LogP contribution in [0.25, 0.3) is 0 Å². The molecule has 0 aliphatic heterocycles. The molecule has 0 heterocycles. The lowest BCUT2D eigenvalue weighted by Crippen LogP contribution is -2.35. The minimum Gasteiger partial charge on any atom is -0.494 e. The number of hydrogen-bond donors (Lipinski definition) is 2. The zero-order valence-electron chi connectivity index (χ0n) is 14.0. The number of anilines is 1. The van der Waals surface area contributed by atoms with E-state index in [1.54, 1.807) is 42.5 Å². The lowest BCUT2D eigenvalue weighted by Gasteiger charge is -2.09. The van der Waals surface area contributed by atoms with Crippen LogP contribution in [0.1, 0.15) is 25.3 Å². The van der Waals surface area contributed by atoms with E-state index in [2.05, 4.69) is 17.6 Å². The molecule has 0 unspecified atom stereocenters. The third-order valence-corrected chi connectivity index (χ3v) is 3.85. The Morgan fingerprint density at radius 1 is 1.04 bits per heavy atom. The van der Waals surface area contributed by atoms with Crippen LogP contribution in [0, 0.1) is 0 Å². The van der Waals surface area contributed by atoms with Crippen molar-refractivity contribution in [2.24, 2.45) is 0 Å². The summed E-state index contributed by atoms with van der Waals surface area (Å²) >= 11 is 6.01. The molecule has 0 aliphatic carbocycles. The Hall–Kier alpha value is -2.53. The number of carbonyl (C=O) groups excluding carboxylic acids is 2. The van der Waals surface area contributed by atoms with Crippen molar-refractivity contribution in [3.63, 3.8) is 0 Å². The summed E-state index contributed by atoms with van der Waals surface area (Å²) in [6.07, 6.45) is 2.06. The van der Waals surface area contributed by atoms with Crippen molar-refractivity contribution in [2.75, 3.05) is 11.9 Å². The van der Waals surface area contributed by atoms with Gasteiger partial charge in [-0.3, -0.25) is 9.59 Å². The first-order chi connectivity index (χ1) is 12.1. The molecule has 0 bridgehead atoms. The quantitative estimate of drug-likeness (QED) is 0.583. The molecule has 132 valence electrons. The van der Waals surface area contributed by atoms with E-state index in [4.69, 9.17) is 16.3 Å². The SMILES string of the molecule is CCCCOc1ccc(NC(=O)C(=O)NCc2ccccc2Cl)cc1. The minimum atomic E-state index is -0.730. The van der Waals surface area contributed by atoms with Crippen LogP contribution >= 0.6 is 11.6 Å². The summed E-state index contributed by atoms with van der Waals surface area (Å²) in [5.41, 5.74) is 1.28. The van der Waals surface area contributed by atoms with Gasteiger partial charge in [-0.2, -0.15) is 0 Å². The number of hydrogen-bond acceptors (Lipinski definition) is 3. The molecule has 2 rings (SSSR count). The van der Waals surface area contributed by atoms with Gasteiger partial charge in [-0.1, -0.05) is 43.1 Å². The first-order valence-corrected chi connectivity index (χ1v) is 8.53.